The van der Waals surface area contributed by atoms with Crippen molar-refractivity contribution in [3.63, 3.8) is 0 Å². The van der Waals surface area contributed by atoms with E-state index in [9.17, 15) is 4.79 Å². The average Bonchev–Trinajstić information content (AvgIpc) is 2.04. The third-order valence-electron chi connectivity index (χ3n) is 2.00. The van der Waals surface area contributed by atoms with E-state index in [2.05, 4.69) is 12.2 Å². The van der Waals surface area contributed by atoms with Crippen LogP contribution in [0, 0.1) is 5.41 Å². The van der Waals surface area contributed by atoms with E-state index in [4.69, 9.17) is 18.0 Å². The van der Waals surface area contributed by atoms with Gasteiger partial charge < -0.3 is 11.1 Å². The molecule has 0 aromatic heterocycles. The standard InChI is InChI=1S/C9H18N2OS/c1-4-5-6-11-8(12)9(2,3)7(10)13/h4-6H2,1-3H3,(H2,10,13)(H,11,12). The van der Waals surface area contributed by atoms with Crippen LogP contribution < -0.4 is 11.1 Å². The molecule has 0 unspecified atom stereocenters. The number of carbonyl (C=O) groups is 1. The summed E-state index contributed by atoms with van der Waals surface area (Å²) in [5.74, 6) is -0.0894. The van der Waals surface area contributed by atoms with Crippen LogP contribution in [0.2, 0.25) is 0 Å². The van der Waals surface area contributed by atoms with Crippen molar-refractivity contribution < 1.29 is 4.79 Å². The van der Waals surface area contributed by atoms with Crippen LogP contribution in [0.4, 0.5) is 0 Å². The van der Waals surface area contributed by atoms with Gasteiger partial charge in [-0.05, 0) is 20.3 Å². The Morgan fingerprint density at radius 3 is 2.46 bits per heavy atom. The Balaban J connectivity index is 4.03. The molecule has 3 nitrogen and oxygen atoms in total. The number of rotatable bonds is 5. The molecular formula is C9H18N2OS. The van der Waals surface area contributed by atoms with Gasteiger partial charge in [0, 0.05) is 6.54 Å². The Morgan fingerprint density at radius 1 is 1.54 bits per heavy atom. The van der Waals surface area contributed by atoms with Crippen LogP contribution >= 0.6 is 12.2 Å². The number of amides is 1. The molecule has 13 heavy (non-hydrogen) atoms. The highest BCUT2D eigenvalue weighted by Gasteiger charge is 2.30. The second-order valence-corrected chi connectivity index (χ2v) is 4.04. The molecule has 0 saturated carbocycles. The topological polar surface area (TPSA) is 55.1 Å². The first-order valence-corrected chi connectivity index (χ1v) is 4.92. The third-order valence-corrected chi connectivity index (χ3v) is 2.51. The lowest BCUT2D eigenvalue weighted by atomic mass is 9.92. The van der Waals surface area contributed by atoms with Gasteiger partial charge in [-0.3, -0.25) is 4.79 Å². The molecule has 0 fully saturated rings. The first-order valence-electron chi connectivity index (χ1n) is 4.51. The second-order valence-electron chi connectivity index (χ2n) is 3.60. The predicted molar refractivity (Wildman–Crippen MR) is 58.5 cm³/mol. The molecule has 0 aromatic rings. The van der Waals surface area contributed by atoms with Crippen LogP contribution in [0.15, 0.2) is 0 Å². The van der Waals surface area contributed by atoms with Gasteiger partial charge in [-0.1, -0.05) is 25.6 Å². The first-order chi connectivity index (χ1) is 5.92. The second kappa shape index (κ2) is 5.17. The number of unbranched alkanes of at least 4 members (excludes halogenated alkanes) is 1. The maximum atomic E-state index is 11.5. The normalized spacial score (nSPS) is 11.0. The van der Waals surface area contributed by atoms with Crippen LogP contribution in [0.3, 0.4) is 0 Å². The van der Waals surface area contributed by atoms with Gasteiger partial charge in [0.15, 0.2) is 0 Å². The van der Waals surface area contributed by atoms with E-state index in [1.807, 2.05) is 0 Å². The van der Waals surface area contributed by atoms with E-state index in [0.29, 0.717) is 6.54 Å². The van der Waals surface area contributed by atoms with Crippen molar-refractivity contribution in [1.82, 2.24) is 5.32 Å². The molecule has 0 atom stereocenters. The van der Waals surface area contributed by atoms with Gasteiger partial charge in [-0.15, -0.1) is 0 Å². The molecule has 0 radical (unpaired) electrons. The SMILES string of the molecule is CCCCNC(=O)C(C)(C)C(N)=S. The molecule has 1 amide bonds. The molecule has 0 rings (SSSR count). The van der Waals surface area contributed by atoms with Crippen LogP contribution in [-0.4, -0.2) is 17.4 Å². The van der Waals surface area contributed by atoms with Gasteiger partial charge in [0.2, 0.25) is 5.91 Å². The molecule has 0 aromatic carbocycles. The lowest BCUT2D eigenvalue weighted by Crippen LogP contribution is -2.45. The molecule has 0 aliphatic heterocycles. The van der Waals surface area contributed by atoms with E-state index in [1.54, 1.807) is 13.8 Å². The highest BCUT2D eigenvalue weighted by Crippen LogP contribution is 2.14. The Bertz CT molecular complexity index is 202. The summed E-state index contributed by atoms with van der Waals surface area (Å²) in [6.45, 7) is 6.24. The van der Waals surface area contributed by atoms with Crippen LogP contribution in [0.1, 0.15) is 33.6 Å². The minimum atomic E-state index is -0.733. The van der Waals surface area contributed by atoms with Crippen molar-refractivity contribution in [2.45, 2.75) is 33.6 Å². The van der Waals surface area contributed by atoms with Crippen molar-refractivity contribution in [1.29, 1.82) is 0 Å². The van der Waals surface area contributed by atoms with Gasteiger partial charge in [0.25, 0.3) is 0 Å². The molecule has 4 heteroatoms. The van der Waals surface area contributed by atoms with Gasteiger partial charge in [-0.25, -0.2) is 0 Å². The molecule has 76 valence electrons. The van der Waals surface area contributed by atoms with E-state index < -0.39 is 5.41 Å². The van der Waals surface area contributed by atoms with Crippen LogP contribution in [0.25, 0.3) is 0 Å². The molecule has 0 saturated heterocycles. The van der Waals surface area contributed by atoms with Gasteiger partial charge >= 0.3 is 0 Å². The third kappa shape index (κ3) is 3.72. The van der Waals surface area contributed by atoms with Crippen molar-refractivity contribution in [2.75, 3.05) is 6.54 Å². The minimum absolute atomic E-state index is 0.0894. The van der Waals surface area contributed by atoms with Crippen LogP contribution in [-0.2, 0) is 4.79 Å². The summed E-state index contributed by atoms with van der Waals surface area (Å²) in [5, 5.41) is 2.80. The number of hydrogen-bond acceptors (Lipinski definition) is 2. The summed E-state index contributed by atoms with van der Waals surface area (Å²) in [5.41, 5.74) is 4.71. The Kier molecular flexibility index (Phi) is 4.91. The average molecular weight is 202 g/mol. The molecule has 0 bridgehead atoms. The summed E-state index contributed by atoms with van der Waals surface area (Å²) < 4.78 is 0. The number of nitrogens with one attached hydrogen (secondary N) is 1. The maximum absolute atomic E-state index is 11.5. The molecule has 0 spiro atoms. The Labute approximate surface area is 85.1 Å². The van der Waals surface area contributed by atoms with E-state index in [1.165, 1.54) is 0 Å². The summed E-state index contributed by atoms with van der Waals surface area (Å²) in [7, 11) is 0. The number of thiocarbonyl (C=S) groups is 1. The lowest BCUT2D eigenvalue weighted by molar-refractivity contribution is -0.126. The molecule has 3 N–H and O–H groups in total. The smallest absolute Gasteiger partial charge is 0.232 e. The van der Waals surface area contributed by atoms with Crippen molar-refractivity contribution in [3.8, 4) is 0 Å². The number of hydrogen-bond donors (Lipinski definition) is 2. The number of carbonyl (C=O) groups excluding carboxylic acids is 1. The van der Waals surface area contributed by atoms with Crippen molar-refractivity contribution in [3.05, 3.63) is 0 Å². The van der Waals surface area contributed by atoms with E-state index >= 15 is 0 Å². The Morgan fingerprint density at radius 2 is 2.08 bits per heavy atom. The fourth-order valence-electron chi connectivity index (χ4n) is 0.712. The monoisotopic (exact) mass is 202 g/mol. The summed E-state index contributed by atoms with van der Waals surface area (Å²) in [6, 6.07) is 0. The van der Waals surface area contributed by atoms with Crippen molar-refractivity contribution >= 4 is 23.1 Å². The van der Waals surface area contributed by atoms with Crippen molar-refractivity contribution in [2.24, 2.45) is 11.1 Å². The summed E-state index contributed by atoms with van der Waals surface area (Å²) in [4.78, 5) is 11.7. The molecule has 0 aliphatic rings. The molecule has 0 heterocycles. The zero-order valence-electron chi connectivity index (χ0n) is 8.52. The van der Waals surface area contributed by atoms with E-state index in [-0.39, 0.29) is 10.9 Å². The van der Waals surface area contributed by atoms with Crippen LogP contribution in [0.5, 0.6) is 0 Å². The summed E-state index contributed by atoms with van der Waals surface area (Å²) >= 11 is 4.80. The zero-order valence-corrected chi connectivity index (χ0v) is 9.33. The van der Waals surface area contributed by atoms with Gasteiger partial charge in [0.05, 0.1) is 10.4 Å². The highest BCUT2D eigenvalue weighted by molar-refractivity contribution is 7.80. The largest absolute Gasteiger partial charge is 0.392 e. The van der Waals surface area contributed by atoms with Gasteiger partial charge in [-0.2, -0.15) is 0 Å². The predicted octanol–water partition coefficient (Wildman–Crippen LogP) is 1.22. The zero-order chi connectivity index (χ0) is 10.5. The van der Waals surface area contributed by atoms with Gasteiger partial charge in [0.1, 0.15) is 0 Å². The summed E-state index contributed by atoms with van der Waals surface area (Å²) in [6.07, 6.45) is 2.05. The Hall–Kier alpha value is -0.640. The fourth-order valence-corrected chi connectivity index (χ4v) is 0.804. The molecular weight excluding hydrogens is 184 g/mol. The number of nitrogens with two attached hydrogens (primary N) is 1. The maximum Gasteiger partial charge on any atom is 0.232 e. The fraction of sp³-hybridized carbons (Fsp3) is 0.778. The highest BCUT2D eigenvalue weighted by atomic mass is 32.1. The minimum Gasteiger partial charge on any atom is -0.392 e. The lowest BCUT2D eigenvalue weighted by Gasteiger charge is -2.21. The van der Waals surface area contributed by atoms with E-state index in [0.717, 1.165) is 12.8 Å². The first kappa shape index (κ1) is 12.4. The molecule has 0 aliphatic carbocycles. The quantitative estimate of drug-likeness (QED) is 0.520.